The summed E-state index contributed by atoms with van der Waals surface area (Å²) < 4.78 is 33.6. The van der Waals surface area contributed by atoms with Gasteiger partial charge in [0.15, 0.2) is 33.5 Å². The van der Waals surface area contributed by atoms with Gasteiger partial charge in [0.2, 0.25) is 0 Å². The van der Waals surface area contributed by atoms with E-state index in [-0.39, 0.29) is 64.8 Å². The van der Waals surface area contributed by atoms with Crippen molar-refractivity contribution in [1.82, 2.24) is 0 Å². The van der Waals surface area contributed by atoms with E-state index in [2.05, 4.69) is 33.9 Å². The van der Waals surface area contributed by atoms with Gasteiger partial charge in [-0.1, -0.05) is 26.8 Å². The molecular formula is C31H40O9Si. The van der Waals surface area contributed by atoms with Gasteiger partial charge in [-0.3, -0.25) is 14.4 Å². The predicted molar refractivity (Wildman–Crippen MR) is 156 cm³/mol. The van der Waals surface area contributed by atoms with Gasteiger partial charge in [-0.2, -0.15) is 0 Å². The standard InChI is InChI=1S/C31H40O9Si/c1-19-12-21(14-23(13-19)39-20(2)32)27(40-41(8,9)31(3,4)5)16-22-15-24(33)28-25(37-17-35-6)10-11-26(38-18-36-7)29(28)30(22)34/h10-15,27H,16-18H2,1-9H3. The molecule has 2 aromatic rings. The minimum absolute atomic E-state index is 0.0940. The Morgan fingerprint density at radius 1 is 0.927 bits per heavy atom. The summed E-state index contributed by atoms with van der Waals surface area (Å²) in [5, 5.41) is -0.129. The van der Waals surface area contributed by atoms with Crippen LogP contribution in [0.2, 0.25) is 18.1 Å². The molecule has 0 heterocycles. The third-order valence-corrected chi connectivity index (χ3v) is 11.7. The van der Waals surface area contributed by atoms with Crippen LogP contribution in [0.15, 0.2) is 42.0 Å². The molecule has 1 aliphatic rings. The first kappa shape index (κ1) is 32.2. The molecule has 0 saturated heterocycles. The second-order valence-electron chi connectivity index (χ2n) is 11.5. The van der Waals surface area contributed by atoms with Gasteiger partial charge < -0.3 is 28.1 Å². The highest BCUT2D eigenvalue weighted by atomic mass is 28.4. The molecule has 0 aromatic heterocycles. The number of allylic oxidation sites excluding steroid dienone is 1. The molecule has 0 aliphatic heterocycles. The second kappa shape index (κ2) is 13.1. The molecule has 2 aromatic carbocycles. The number of ether oxygens (including phenoxy) is 5. The van der Waals surface area contributed by atoms with Gasteiger partial charge in [0.1, 0.15) is 17.2 Å². The fourth-order valence-corrected chi connectivity index (χ4v) is 5.56. The Bertz CT molecular complexity index is 1340. The van der Waals surface area contributed by atoms with Gasteiger partial charge in [0.05, 0.1) is 17.2 Å². The van der Waals surface area contributed by atoms with Crippen molar-refractivity contribution in [3.63, 3.8) is 0 Å². The normalized spacial score (nSPS) is 14.3. The van der Waals surface area contributed by atoms with Crippen LogP contribution in [0.1, 0.15) is 72.1 Å². The molecule has 0 N–H and O–H groups in total. The highest BCUT2D eigenvalue weighted by Crippen LogP contribution is 2.44. The molecule has 0 amide bonds. The molecule has 3 rings (SSSR count). The van der Waals surface area contributed by atoms with E-state index in [1.807, 2.05) is 13.0 Å². The highest BCUT2D eigenvalue weighted by molar-refractivity contribution is 6.74. The number of benzene rings is 2. The van der Waals surface area contributed by atoms with Gasteiger partial charge >= 0.3 is 5.97 Å². The molecule has 0 saturated carbocycles. The molecule has 1 unspecified atom stereocenters. The monoisotopic (exact) mass is 584 g/mol. The Morgan fingerprint density at radius 2 is 1.51 bits per heavy atom. The number of esters is 1. The van der Waals surface area contributed by atoms with Crippen molar-refractivity contribution in [3.05, 3.63) is 64.2 Å². The first-order valence-corrected chi connectivity index (χ1v) is 16.3. The fraction of sp³-hybridized carbons (Fsp3) is 0.452. The fourth-order valence-electron chi connectivity index (χ4n) is 4.28. The summed E-state index contributed by atoms with van der Waals surface area (Å²) in [5.41, 5.74) is 2.09. The zero-order valence-electron chi connectivity index (χ0n) is 25.3. The van der Waals surface area contributed by atoms with E-state index in [0.29, 0.717) is 5.75 Å². The number of Topliss-reactive ketones (excluding diaryl/α,β-unsaturated/α-hetero) is 1. The summed E-state index contributed by atoms with van der Waals surface area (Å²) in [5.74, 6) is -0.378. The average molecular weight is 585 g/mol. The van der Waals surface area contributed by atoms with E-state index in [0.717, 1.165) is 11.1 Å². The predicted octanol–water partition coefficient (Wildman–Crippen LogP) is 6.34. The maximum Gasteiger partial charge on any atom is 0.308 e. The average Bonchev–Trinajstić information content (AvgIpc) is 2.87. The Balaban J connectivity index is 2.11. The molecule has 222 valence electrons. The third kappa shape index (κ3) is 7.71. The van der Waals surface area contributed by atoms with Gasteiger partial charge in [0, 0.05) is 33.1 Å². The number of hydrogen-bond acceptors (Lipinski definition) is 9. The van der Waals surface area contributed by atoms with Gasteiger partial charge in [-0.25, -0.2) is 0 Å². The van der Waals surface area contributed by atoms with E-state index in [9.17, 15) is 14.4 Å². The van der Waals surface area contributed by atoms with E-state index in [4.69, 9.17) is 28.1 Å². The largest absolute Gasteiger partial charge is 0.467 e. The topological polar surface area (TPSA) is 107 Å². The van der Waals surface area contributed by atoms with Crippen LogP contribution in [0.25, 0.3) is 0 Å². The Labute approximate surface area is 242 Å². The van der Waals surface area contributed by atoms with Crippen molar-refractivity contribution >= 4 is 25.9 Å². The molecule has 9 nitrogen and oxygen atoms in total. The van der Waals surface area contributed by atoms with Crippen LogP contribution in [0.4, 0.5) is 0 Å². The van der Waals surface area contributed by atoms with Crippen LogP contribution >= 0.6 is 0 Å². The summed E-state index contributed by atoms with van der Waals surface area (Å²) >= 11 is 0. The van der Waals surface area contributed by atoms with Crippen molar-refractivity contribution in [3.8, 4) is 17.2 Å². The van der Waals surface area contributed by atoms with Crippen LogP contribution in [0.3, 0.4) is 0 Å². The second-order valence-corrected chi connectivity index (χ2v) is 16.3. The molecule has 1 aliphatic carbocycles. The maximum atomic E-state index is 14.0. The van der Waals surface area contributed by atoms with Crippen molar-refractivity contribution in [2.24, 2.45) is 0 Å². The van der Waals surface area contributed by atoms with Gasteiger partial charge in [0.25, 0.3) is 0 Å². The van der Waals surface area contributed by atoms with E-state index < -0.39 is 20.4 Å². The summed E-state index contributed by atoms with van der Waals surface area (Å²) in [6.07, 6.45) is 0.868. The maximum absolute atomic E-state index is 14.0. The van der Waals surface area contributed by atoms with Crippen molar-refractivity contribution in [2.75, 3.05) is 27.8 Å². The van der Waals surface area contributed by atoms with Crippen molar-refractivity contribution < 1.29 is 42.5 Å². The SMILES string of the molecule is COCOc1ccc(OCOC)c2c1C(=O)C=C(CC(O[Si](C)(C)C(C)(C)C)c1cc(C)cc(OC(C)=O)c1)C2=O. The molecule has 0 bridgehead atoms. The third-order valence-electron chi connectivity index (χ3n) is 7.22. The summed E-state index contributed by atoms with van der Waals surface area (Å²) in [6, 6.07) is 8.60. The lowest BCUT2D eigenvalue weighted by Gasteiger charge is -2.40. The lowest BCUT2D eigenvalue weighted by Crippen LogP contribution is -2.42. The first-order chi connectivity index (χ1) is 19.2. The smallest absolute Gasteiger partial charge is 0.308 e. The van der Waals surface area contributed by atoms with Crippen molar-refractivity contribution in [2.45, 2.75) is 65.3 Å². The van der Waals surface area contributed by atoms with Gasteiger partial charge in [-0.15, -0.1) is 0 Å². The molecule has 1 atom stereocenters. The van der Waals surface area contributed by atoms with E-state index in [1.165, 1.54) is 27.2 Å². The molecule has 41 heavy (non-hydrogen) atoms. The van der Waals surface area contributed by atoms with Crippen LogP contribution in [-0.2, 0) is 18.7 Å². The Hall–Kier alpha value is -3.31. The number of rotatable bonds is 12. The lowest BCUT2D eigenvalue weighted by atomic mass is 9.85. The number of carbonyl (C=O) groups is 3. The quantitative estimate of drug-likeness (QED) is 0.122. The minimum Gasteiger partial charge on any atom is -0.467 e. The van der Waals surface area contributed by atoms with Crippen molar-refractivity contribution in [1.29, 1.82) is 0 Å². The van der Waals surface area contributed by atoms with Crippen LogP contribution in [0, 0.1) is 6.92 Å². The molecular weight excluding hydrogens is 544 g/mol. The number of aryl methyl sites for hydroxylation is 1. The Morgan fingerprint density at radius 3 is 2.05 bits per heavy atom. The minimum atomic E-state index is -2.37. The van der Waals surface area contributed by atoms with Crippen LogP contribution in [0.5, 0.6) is 17.2 Å². The number of methoxy groups -OCH3 is 2. The zero-order valence-corrected chi connectivity index (χ0v) is 26.3. The molecule has 0 radical (unpaired) electrons. The van der Waals surface area contributed by atoms with Gasteiger partial charge in [-0.05, 0) is 66.5 Å². The number of carbonyl (C=O) groups excluding carboxylic acids is 3. The van der Waals surface area contributed by atoms with E-state index in [1.54, 1.807) is 24.3 Å². The molecule has 0 spiro atoms. The summed E-state index contributed by atoms with van der Waals surface area (Å²) in [7, 11) is 0.563. The number of hydrogen-bond donors (Lipinski definition) is 0. The van der Waals surface area contributed by atoms with Crippen LogP contribution < -0.4 is 14.2 Å². The first-order valence-electron chi connectivity index (χ1n) is 13.4. The zero-order chi connectivity index (χ0) is 30.5. The molecule has 0 fully saturated rings. The van der Waals surface area contributed by atoms with E-state index >= 15 is 0 Å². The van der Waals surface area contributed by atoms with Crippen LogP contribution in [-0.4, -0.2) is 53.7 Å². The Kier molecular flexibility index (Phi) is 10.3. The lowest BCUT2D eigenvalue weighted by molar-refractivity contribution is -0.131. The summed E-state index contributed by atoms with van der Waals surface area (Å²) in [6.45, 7) is 13.7. The number of fused-ring (bicyclic) bond motifs is 1. The highest BCUT2D eigenvalue weighted by Gasteiger charge is 2.41. The molecule has 10 heteroatoms. The summed E-state index contributed by atoms with van der Waals surface area (Å²) in [4.78, 5) is 39.3. The number of ketones is 2.